The summed E-state index contributed by atoms with van der Waals surface area (Å²) in [6, 6.07) is -0.510. The average Bonchev–Trinajstić information content (AvgIpc) is 3.33. The Kier molecular flexibility index (Phi) is 7.79. The van der Waals surface area contributed by atoms with E-state index in [0.29, 0.717) is 18.0 Å². The normalized spacial score (nSPS) is 16.5. The average molecular weight is 422 g/mol. The molecule has 1 aliphatic carbocycles. The van der Waals surface area contributed by atoms with E-state index in [1.54, 1.807) is 4.90 Å². The van der Waals surface area contributed by atoms with Crippen LogP contribution in [0.2, 0.25) is 0 Å². The Bertz CT molecular complexity index is 771. The van der Waals surface area contributed by atoms with Crippen LogP contribution in [0.4, 0.5) is 0 Å². The SMILES string of the molecule is CC(C)C[C@@H](C(=O)c1nnc(SCc2ncon2)o1)N(C=O)C1CCCCCC1. The quantitative estimate of drug-likeness (QED) is 0.246. The highest BCUT2D eigenvalue weighted by molar-refractivity contribution is 7.98. The Morgan fingerprint density at radius 3 is 2.66 bits per heavy atom. The summed E-state index contributed by atoms with van der Waals surface area (Å²) < 4.78 is 10.3. The van der Waals surface area contributed by atoms with E-state index in [1.807, 2.05) is 13.8 Å². The van der Waals surface area contributed by atoms with Crippen molar-refractivity contribution < 1.29 is 18.5 Å². The fraction of sp³-hybridized carbons (Fsp3) is 0.684. The molecule has 0 N–H and O–H groups in total. The third-order valence-corrected chi connectivity index (χ3v) is 5.89. The topological polar surface area (TPSA) is 115 Å². The van der Waals surface area contributed by atoms with E-state index in [0.717, 1.165) is 32.1 Å². The van der Waals surface area contributed by atoms with Crippen molar-refractivity contribution in [3.05, 3.63) is 18.1 Å². The summed E-state index contributed by atoms with van der Waals surface area (Å²) in [5.41, 5.74) is 0. The van der Waals surface area contributed by atoms with Crippen molar-refractivity contribution in [2.75, 3.05) is 0 Å². The third-order valence-electron chi connectivity index (χ3n) is 5.07. The maximum Gasteiger partial charge on any atom is 0.286 e. The van der Waals surface area contributed by atoms with Gasteiger partial charge in [0.15, 0.2) is 5.82 Å². The summed E-state index contributed by atoms with van der Waals surface area (Å²) in [5.74, 6) is 0.775. The molecule has 0 radical (unpaired) electrons. The molecule has 1 fully saturated rings. The van der Waals surface area contributed by atoms with Crippen molar-refractivity contribution in [2.24, 2.45) is 5.92 Å². The number of hydrogen-bond donors (Lipinski definition) is 0. The van der Waals surface area contributed by atoms with Gasteiger partial charge in [-0.25, -0.2) is 0 Å². The monoisotopic (exact) mass is 421 g/mol. The van der Waals surface area contributed by atoms with E-state index in [9.17, 15) is 9.59 Å². The molecular formula is C19H27N5O4S. The van der Waals surface area contributed by atoms with Crippen LogP contribution in [-0.4, -0.2) is 49.5 Å². The number of thioether (sulfide) groups is 1. The van der Waals surface area contributed by atoms with Crippen LogP contribution in [0.3, 0.4) is 0 Å². The van der Waals surface area contributed by atoms with Gasteiger partial charge in [-0.1, -0.05) is 56.4 Å². The van der Waals surface area contributed by atoms with Gasteiger partial charge in [-0.05, 0) is 25.2 Å². The predicted octanol–water partition coefficient (Wildman–Crippen LogP) is 3.52. The number of rotatable bonds is 10. The van der Waals surface area contributed by atoms with E-state index in [4.69, 9.17) is 4.42 Å². The van der Waals surface area contributed by atoms with Gasteiger partial charge in [0.25, 0.3) is 11.1 Å². The number of carbonyl (C=O) groups is 2. The van der Waals surface area contributed by atoms with Gasteiger partial charge in [-0.15, -0.1) is 10.2 Å². The Hall–Kier alpha value is -2.23. The Balaban J connectivity index is 1.73. The second-order valence-electron chi connectivity index (χ2n) is 7.72. The molecule has 10 heteroatoms. The third kappa shape index (κ3) is 5.88. The summed E-state index contributed by atoms with van der Waals surface area (Å²) in [6.07, 6.45) is 8.99. The summed E-state index contributed by atoms with van der Waals surface area (Å²) in [5, 5.41) is 11.9. The van der Waals surface area contributed by atoms with Crippen LogP contribution in [0.25, 0.3) is 0 Å². The molecule has 3 rings (SSSR count). The largest absolute Gasteiger partial charge is 0.408 e. The fourth-order valence-electron chi connectivity index (χ4n) is 3.67. The molecule has 158 valence electrons. The van der Waals surface area contributed by atoms with E-state index < -0.39 is 6.04 Å². The zero-order chi connectivity index (χ0) is 20.6. The molecule has 2 aromatic rings. The predicted molar refractivity (Wildman–Crippen MR) is 105 cm³/mol. The molecule has 1 amide bonds. The lowest BCUT2D eigenvalue weighted by atomic mass is 9.95. The molecule has 2 aromatic heterocycles. The zero-order valence-corrected chi connectivity index (χ0v) is 17.6. The molecule has 2 heterocycles. The van der Waals surface area contributed by atoms with E-state index in [2.05, 4.69) is 24.9 Å². The minimum atomic E-state index is -0.592. The van der Waals surface area contributed by atoms with Crippen LogP contribution in [0, 0.1) is 5.92 Å². The first-order valence-corrected chi connectivity index (χ1v) is 11.1. The molecule has 0 saturated heterocycles. The van der Waals surface area contributed by atoms with Crippen LogP contribution >= 0.6 is 11.8 Å². The Morgan fingerprint density at radius 1 is 1.28 bits per heavy atom. The Morgan fingerprint density at radius 2 is 2.03 bits per heavy atom. The van der Waals surface area contributed by atoms with Crippen LogP contribution < -0.4 is 0 Å². The highest BCUT2D eigenvalue weighted by Gasteiger charge is 2.34. The fourth-order valence-corrected chi connectivity index (χ4v) is 4.29. The lowest BCUT2D eigenvalue weighted by Crippen LogP contribution is -2.47. The van der Waals surface area contributed by atoms with Gasteiger partial charge in [0, 0.05) is 6.04 Å². The molecule has 1 saturated carbocycles. The lowest BCUT2D eigenvalue weighted by Gasteiger charge is -2.34. The number of amides is 1. The van der Waals surface area contributed by atoms with Crippen LogP contribution in [0.1, 0.15) is 75.3 Å². The molecule has 0 unspecified atom stereocenters. The number of aromatic nitrogens is 4. The first kappa shape index (κ1) is 21.5. The van der Waals surface area contributed by atoms with Crippen molar-refractivity contribution in [3.8, 4) is 0 Å². The molecule has 0 bridgehead atoms. The van der Waals surface area contributed by atoms with Gasteiger partial charge in [-0.2, -0.15) is 4.98 Å². The number of ketones is 1. The molecule has 1 atom stereocenters. The molecular weight excluding hydrogens is 394 g/mol. The number of hydrogen-bond acceptors (Lipinski definition) is 9. The van der Waals surface area contributed by atoms with Crippen LogP contribution in [0.15, 0.2) is 20.6 Å². The molecule has 29 heavy (non-hydrogen) atoms. The highest BCUT2D eigenvalue weighted by Crippen LogP contribution is 2.27. The maximum absolute atomic E-state index is 13.2. The van der Waals surface area contributed by atoms with Gasteiger partial charge in [0.1, 0.15) is 6.04 Å². The van der Waals surface area contributed by atoms with E-state index in [-0.39, 0.29) is 28.9 Å². The minimum absolute atomic E-state index is 0.0632. The summed E-state index contributed by atoms with van der Waals surface area (Å²) >= 11 is 1.23. The zero-order valence-electron chi connectivity index (χ0n) is 16.8. The summed E-state index contributed by atoms with van der Waals surface area (Å²) in [6.45, 7) is 4.08. The number of nitrogens with zero attached hydrogens (tertiary/aromatic N) is 5. The van der Waals surface area contributed by atoms with Crippen molar-refractivity contribution in [2.45, 2.75) is 81.9 Å². The van der Waals surface area contributed by atoms with Gasteiger partial charge in [0.2, 0.25) is 18.6 Å². The highest BCUT2D eigenvalue weighted by atomic mass is 32.2. The standard InChI is InChI=1S/C19H27N5O4S/c1-13(2)9-15(24(12-25)14-7-5-3-4-6-8-14)17(26)18-21-22-19(28-18)29-10-16-20-11-27-23-16/h11-15H,3-10H2,1-2H3/t15-/m0/s1. The van der Waals surface area contributed by atoms with Gasteiger partial charge < -0.3 is 13.8 Å². The summed E-state index contributed by atoms with van der Waals surface area (Å²) in [4.78, 5) is 30.8. The van der Waals surface area contributed by atoms with Crippen molar-refractivity contribution in [1.29, 1.82) is 0 Å². The van der Waals surface area contributed by atoms with Gasteiger partial charge in [0.05, 0.1) is 5.75 Å². The maximum atomic E-state index is 13.2. The van der Waals surface area contributed by atoms with Crippen molar-refractivity contribution in [1.82, 2.24) is 25.2 Å². The Labute approximate surface area is 174 Å². The number of carbonyl (C=O) groups excluding carboxylic acids is 2. The second kappa shape index (κ2) is 10.5. The molecule has 0 aliphatic heterocycles. The second-order valence-corrected chi connectivity index (χ2v) is 8.64. The minimum Gasteiger partial charge on any atom is -0.408 e. The van der Waals surface area contributed by atoms with Crippen LogP contribution in [-0.2, 0) is 10.5 Å². The van der Waals surface area contributed by atoms with Gasteiger partial charge in [-0.3, -0.25) is 9.59 Å². The molecule has 0 spiro atoms. The van der Waals surface area contributed by atoms with Crippen LogP contribution in [0.5, 0.6) is 0 Å². The summed E-state index contributed by atoms with van der Waals surface area (Å²) in [7, 11) is 0. The van der Waals surface area contributed by atoms with Crippen molar-refractivity contribution >= 4 is 24.0 Å². The lowest BCUT2D eigenvalue weighted by molar-refractivity contribution is -0.122. The first-order valence-electron chi connectivity index (χ1n) is 10.1. The van der Waals surface area contributed by atoms with E-state index in [1.165, 1.54) is 31.0 Å². The molecule has 9 nitrogen and oxygen atoms in total. The first-order chi connectivity index (χ1) is 14.1. The molecule has 1 aliphatic rings. The van der Waals surface area contributed by atoms with Gasteiger partial charge >= 0.3 is 0 Å². The smallest absolute Gasteiger partial charge is 0.286 e. The van der Waals surface area contributed by atoms with E-state index >= 15 is 0 Å². The molecule has 0 aromatic carbocycles. The number of Topliss-reactive ketones (excluding diaryl/α,β-unsaturated/α-hetero) is 1. The van der Waals surface area contributed by atoms with Crippen molar-refractivity contribution in [3.63, 3.8) is 0 Å².